The first-order chi connectivity index (χ1) is 6.29. The molecule has 5 nitrogen and oxygen atoms in total. The highest BCUT2D eigenvalue weighted by Crippen LogP contribution is 1.91. The second-order valence-corrected chi connectivity index (χ2v) is 3.15. The number of ether oxygens (including phenoxy) is 1. The lowest BCUT2D eigenvalue weighted by Crippen LogP contribution is -2.44. The molecule has 0 aromatic rings. The summed E-state index contributed by atoms with van der Waals surface area (Å²) in [7, 11) is 0. The summed E-state index contributed by atoms with van der Waals surface area (Å²) in [5, 5.41) is 20.3. The Bertz CT molecular complexity index is 127. The van der Waals surface area contributed by atoms with Crippen LogP contribution in [-0.2, 0) is 4.74 Å². The van der Waals surface area contributed by atoms with Gasteiger partial charge in [0.1, 0.15) is 0 Å². The summed E-state index contributed by atoms with van der Waals surface area (Å²) in [5.74, 6) is 0. The number of aliphatic hydroxyl groups excluding tert-OH is 1. The van der Waals surface area contributed by atoms with Crippen LogP contribution in [0.25, 0.3) is 0 Å². The van der Waals surface area contributed by atoms with Crippen LogP contribution in [0.1, 0.15) is 0 Å². The van der Waals surface area contributed by atoms with Crippen LogP contribution < -0.4 is 5.32 Å². The molecule has 1 aliphatic rings. The third-order valence-electron chi connectivity index (χ3n) is 2.03. The van der Waals surface area contributed by atoms with Crippen molar-refractivity contribution in [2.45, 2.75) is 6.29 Å². The summed E-state index contributed by atoms with van der Waals surface area (Å²) in [6.45, 7) is 5.60. The van der Waals surface area contributed by atoms with Crippen LogP contribution in [0.3, 0.4) is 0 Å². The molecule has 1 rings (SSSR count). The molecule has 1 heterocycles. The summed E-state index contributed by atoms with van der Waals surface area (Å²) in [4.78, 5) is 2.29. The molecule has 0 aliphatic carbocycles. The fourth-order valence-corrected chi connectivity index (χ4v) is 1.32. The molecule has 1 fully saturated rings. The third-order valence-corrected chi connectivity index (χ3v) is 2.03. The van der Waals surface area contributed by atoms with Crippen molar-refractivity contribution in [2.24, 2.45) is 0 Å². The van der Waals surface area contributed by atoms with Gasteiger partial charge in [0.05, 0.1) is 13.2 Å². The molecule has 3 N–H and O–H groups in total. The summed E-state index contributed by atoms with van der Waals surface area (Å²) in [6, 6.07) is 0. The molecular weight excluding hydrogens is 172 g/mol. The molecule has 1 aliphatic heterocycles. The van der Waals surface area contributed by atoms with Crippen molar-refractivity contribution in [1.29, 1.82) is 0 Å². The van der Waals surface area contributed by atoms with E-state index in [1.54, 1.807) is 0 Å². The minimum absolute atomic E-state index is 0.00604. The van der Waals surface area contributed by atoms with E-state index in [-0.39, 0.29) is 6.61 Å². The van der Waals surface area contributed by atoms with E-state index in [1.165, 1.54) is 0 Å². The lowest BCUT2D eigenvalue weighted by atomic mass is 10.4. The smallest absolute Gasteiger partial charge is 0.175 e. The first-order valence-corrected chi connectivity index (χ1v) is 4.66. The van der Waals surface area contributed by atoms with Gasteiger partial charge in [-0.15, -0.1) is 0 Å². The quantitative estimate of drug-likeness (QED) is 0.353. The molecule has 0 aromatic carbocycles. The lowest BCUT2D eigenvalue weighted by molar-refractivity contribution is -0.0963. The second-order valence-electron chi connectivity index (χ2n) is 3.15. The van der Waals surface area contributed by atoms with Crippen LogP contribution >= 0.6 is 0 Å². The van der Waals surface area contributed by atoms with Crippen molar-refractivity contribution in [1.82, 2.24) is 10.2 Å². The average molecular weight is 190 g/mol. The van der Waals surface area contributed by atoms with E-state index in [0.717, 1.165) is 32.7 Å². The zero-order valence-electron chi connectivity index (χ0n) is 7.78. The van der Waals surface area contributed by atoms with E-state index in [2.05, 4.69) is 10.2 Å². The van der Waals surface area contributed by atoms with Gasteiger partial charge in [-0.1, -0.05) is 0 Å². The van der Waals surface area contributed by atoms with Gasteiger partial charge in [0.15, 0.2) is 6.29 Å². The Balaban J connectivity index is 1.92. The van der Waals surface area contributed by atoms with Crippen molar-refractivity contribution < 1.29 is 14.9 Å². The van der Waals surface area contributed by atoms with Gasteiger partial charge < -0.3 is 20.3 Å². The number of nitrogens with zero attached hydrogens (tertiary/aromatic N) is 1. The van der Waals surface area contributed by atoms with Crippen LogP contribution in [0.4, 0.5) is 0 Å². The van der Waals surface area contributed by atoms with Crippen LogP contribution in [0.2, 0.25) is 0 Å². The molecule has 0 amide bonds. The molecule has 0 unspecified atom stereocenters. The maximum atomic E-state index is 8.50. The Labute approximate surface area is 78.3 Å². The van der Waals surface area contributed by atoms with E-state index in [4.69, 9.17) is 14.9 Å². The van der Waals surface area contributed by atoms with Gasteiger partial charge in [0.25, 0.3) is 0 Å². The number of hydrogen-bond acceptors (Lipinski definition) is 5. The van der Waals surface area contributed by atoms with E-state index in [9.17, 15) is 0 Å². The molecule has 1 saturated heterocycles. The van der Waals surface area contributed by atoms with Gasteiger partial charge >= 0.3 is 0 Å². The van der Waals surface area contributed by atoms with Crippen molar-refractivity contribution in [3.8, 4) is 0 Å². The number of hydrogen-bond donors (Lipinski definition) is 3. The van der Waals surface area contributed by atoms with E-state index >= 15 is 0 Å². The summed E-state index contributed by atoms with van der Waals surface area (Å²) in [5.41, 5.74) is 0. The molecule has 0 saturated carbocycles. The molecule has 0 aromatic heterocycles. The van der Waals surface area contributed by atoms with Crippen LogP contribution in [0.5, 0.6) is 0 Å². The van der Waals surface area contributed by atoms with Crippen LogP contribution in [0, 0.1) is 0 Å². The highest BCUT2D eigenvalue weighted by molar-refractivity contribution is 4.66. The van der Waals surface area contributed by atoms with E-state index in [1.807, 2.05) is 0 Å². The summed E-state index contributed by atoms with van der Waals surface area (Å²) in [6.07, 6.45) is -1.34. The largest absolute Gasteiger partial charge is 0.375 e. The topological polar surface area (TPSA) is 65.0 Å². The lowest BCUT2D eigenvalue weighted by Gasteiger charge is -2.26. The third kappa shape index (κ3) is 5.17. The number of aliphatic hydroxyl groups is 2. The monoisotopic (exact) mass is 190 g/mol. The van der Waals surface area contributed by atoms with Crippen molar-refractivity contribution in [3.05, 3.63) is 0 Å². The van der Waals surface area contributed by atoms with Crippen molar-refractivity contribution in [3.63, 3.8) is 0 Å². The van der Waals surface area contributed by atoms with E-state index < -0.39 is 6.29 Å². The highest BCUT2D eigenvalue weighted by Gasteiger charge is 2.08. The SMILES string of the molecule is OC(O)COCCN1CCNCC1. The summed E-state index contributed by atoms with van der Waals surface area (Å²) >= 11 is 0. The first kappa shape index (κ1) is 10.9. The minimum Gasteiger partial charge on any atom is -0.375 e. The van der Waals surface area contributed by atoms with Gasteiger partial charge in [-0.05, 0) is 0 Å². The number of rotatable bonds is 5. The standard InChI is InChI=1S/C8H18N2O3/c11-8(12)7-13-6-5-10-3-1-9-2-4-10/h8-9,11-12H,1-7H2. The Morgan fingerprint density at radius 1 is 1.31 bits per heavy atom. The Kier molecular flexibility index (Phi) is 5.26. The predicted molar refractivity (Wildman–Crippen MR) is 48.4 cm³/mol. The second kappa shape index (κ2) is 6.28. The number of piperazine rings is 1. The first-order valence-electron chi connectivity index (χ1n) is 4.66. The Hall–Kier alpha value is -0.200. The molecule has 13 heavy (non-hydrogen) atoms. The average Bonchev–Trinajstić information content (AvgIpc) is 2.14. The fourth-order valence-electron chi connectivity index (χ4n) is 1.32. The highest BCUT2D eigenvalue weighted by atomic mass is 16.5. The molecule has 0 radical (unpaired) electrons. The number of nitrogens with one attached hydrogen (secondary N) is 1. The molecule has 0 atom stereocenters. The Morgan fingerprint density at radius 3 is 2.62 bits per heavy atom. The zero-order chi connectivity index (χ0) is 9.52. The maximum Gasteiger partial charge on any atom is 0.175 e. The van der Waals surface area contributed by atoms with Crippen molar-refractivity contribution in [2.75, 3.05) is 45.9 Å². The summed E-state index contributed by atoms with van der Waals surface area (Å²) < 4.78 is 5.04. The molecule has 0 bridgehead atoms. The van der Waals surface area contributed by atoms with E-state index in [0.29, 0.717) is 6.61 Å². The van der Waals surface area contributed by atoms with Gasteiger partial charge in [0.2, 0.25) is 0 Å². The van der Waals surface area contributed by atoms with Gasteiger partial charge in [-0.25, -0.2) is 0 Å². The molecular formula is C8H18N2O3. The van der Waals surface area contributed by atoms with Crippen LogP contribution in [0.15, 0.2) is 0 Å². The molecule has 78 valence electrons. The fraction of sp³-hybridized carbons (Fsp3) is 1.00. The predicted octanol–water partition coefficient (Wildman–Crippen LogP) is -1.78. The van der Waals surface area contributed by atoms with Crippen LogP contribution in [-0.4, -0.2) is 67.3 Å². The minimum atomic E-state index is -1.34. The van der Waals surface area contributed by atoms with Crippen molar-refractivity contribution >= 4 is 0 Å². The van der Waals surface area contributed by atoms with Gasteiger partial charge in [0, 0.05) is 32.7 Å². The zero-order valence-corrected chi connectivity index (χ0v) is 7.78. The Morgan fingerprint density at radius 2 is 2.00 bits per heavy atom. The molecule has 5 heteroatoms. The van der Waals surface area contributed by atoms with Gasteiger partial charge in [-0.3, -0.25) is 4.90 Å². The normalized spacial score (nSPS) is 19.6. The maximum absolute atomic E-state index is 8.50. The van der Waals surface area contributed by atoms with Gasteiger partial charge in [-0.2, -0.15) is 0 Å². The molecule has 0 spiro atoms.